The van der Waals surface area contributed by atoms with Gasteiger partial charge < -0.3 is 64.5 Å². The Morgan fingerprint density at radius 3 is 1.00 bits per heavy atom. The number of aliphatic hydroxyl groups is 2. The lowest BCUT2D eigenvalue weighted by Gasteiger charge is -2.30. The maximum Gasteiger partial charge on any atom is 0.445 e. The number of carbonyl (C=O) groups is 6. The fraction of sp³-hybridized carbons (Fsp3) is 0.557. The van der Waals surface area contributed by atoms with E-state index < -0.39 is 28.4 Å². The van der Waals surface area contributed by atoms with E-state index in [1.165, 1.54) is 11.1 Å². The highest BCUT2D eigenvalue weighted by molar-refractivity contribution is 9.09. The number of alkyl carbamates (subject to hydrolysis) is 1. The summed E-state index contributed by atoms with van der Waals surface area (Å²) in [7, 11) is 0. The largest absolute Gasteiger partial charge is 0.475 e. The molecule has 4 heterocycles. The van der Waals surface area contributed by atoms with Crippen molar-refractivity contribution in [3.05, 3.63) is 150 Å². The number of nitrogens with one attached hydrogen (secondary N) is 7. The molecule has 0 fully saturated rings. The monoisotopic (exact) mass is 1910 g/mol. The number of H-pyrrole nitrogens is 5. The molecular weight excluding hydrogens is 1760 g/mol. The summed E-state index contributed by atoms with van der Waals surface area (Å²) in [5.41, 5.74) is 23.4. The molecule has 8 rings (SSSR count). The summed E-state index contributed by atoms with van der Waals surface area (Å²) < 4.78 is 30.6. The highest BCUT2D eigenvalue weighted by atomic mass is 79.9. The number of thiocarbonyl (C=S) groups is 1. The van der Waals surface area contributed by atoms with Crippen LogP contribution in [0, 0.1) is 77.0 Å². The second kappa shape index (κ2) is 55.2. The second-order valence-electron chi connectivity index (χ2n) is 35.1. The van der Waals surface area contributed by atoms with Crippen molar-refractivity contribution < 1.29 is 62.7 Å². The van der Waals surface area contributed by atoms with Gasteiger partial charge in [-0.25, -0.2) is 9.59 Å². The van der Waals surface area contributed by atoms with Crippen LogP contribution in [0.15, 0.2) is 82.0 Å². The van der Waals surface area contributed by atoms with Crippen LogP contribution in [-0.4, -0.2) is 228 Å². The zero-order valence-corrected chi connectivity index (χ0v) is 85.6. The zero-order valence-electron chi connectivity index (χ0n) is 82.4. The topological polar surface area (TPSA) is 399 Å². The summed E-state index contributed by atoms with van der Waals surface area (Å²) in [6.07, 6.45) is 0.296. The minimum absolute atomic E-state index is 0.00450. The molecule has 0 unspecified atom stereocenters. The van der Waals surface area contributed by atoms with Crippen molar-refractivity contribution in [1.29, 1.82) is 0 Å². The molecule has 0 saturated carbocycles. The van der Waals surface area contributed by atoms with E-state index in [0.29, 0.717) is 101 Å². The van der Waals surface area contributed by atoms with E-state index in [9.17, 15) is 38.7 Å². The van der Waals surface area contributed by atoms with Gasteiger partial charge in [0, 0.05) is 147 Å². The third-order valence-corrected chi connectivity index (χ3v) is 22.5. The molecule has 8 aromatic rings. The second-order valence-corrected chi connectivity index (χ2v) is 36.3. The molecule has 0 spiro atoms. The van der Waals surface area contributed by atoms with E-state index in [0.717, 1.165) is 114 Å². The van der Waals surface area contributed by atoms with Gasteiger partial charge in [0.05, 0.1) is 56.6 Å². The van der Waals surface area contributed by atoms with Crippen LogP contribution in [0.4, 0.5) is 9.59 Å². The summed E-state index contributed by atoms with van der Waals surface area (Å²) in [6.45, 7) is 61.7. The molecule has 6 amide bonds. The zero-order chi connectivity index (χ0) is 98.3. The maximum absolute atomic E-state index is 13.0. The molecule has 0 bridgehead atoms. The molecule has 11 N–H and O–H groups in total. The van der Waals surface area contributed by atoms with Gasteiger partial charge in [-0.1, -0.05) is 98.6 Å². The predicted molar refractivity (Wildman–Crippen MR) is 529 cm³/mol. The van der Waals surface area contributed by atoms with E-state index in [4.69, 9.17) is 42.0 Å². The molecule has 0 radical (unpaired) electrons. The third-order valence-electron chi connectivity index (χ3n) is 20.7. The standard InChI is InChI=1S/C27H41N5O4S.C22H34N4O2.C22H33N3O3.C13H16N2O2.C9H18BrNO.C4H7NO2S/c1-9-32(10-2)24(33)27(7,8)16-35-23-21(11-12-28-25(37)29-26(34)36-17(3)4)22(30-31-23)20-14-18(5)13-19(6)15-20;1-7-26(8-2)21(27)22(5,6)14-28-20-18(9-10-23)19(24-25-20)17-12-15(3)11-16(4)13-17;1-7-25(8-2)21(27)22(5,6)14-28-20-18(9-10-26)19(23-24-20)17-12-15(3)11-16(4)13-17;1-8-5-9(2)7-10(6-8)12-11(3-4-16)13(17)15-14-12;1-5-11(6-2)8(12)9(3,4)7-10;1-3(2)7-4(6)5-8/h13-15,17H,9-12,16H2,1-8H3,(H,30,31)(H2,28,29,34,37);11-13H,7-10,14,23H2,1-6H3,(H,24,25);11-13,26H,7-10,14H2,1-6H3,(H,23,24);5-7,16H,3-4H2,1-2H3,(H2,14,15,17);5-7H2,1-4H3;3H,1-2H3. The van der Waals surface area contributed by atoms with Crippen LogP contribution in [-0.2, 0) is 66.8 Å². The molecule has 0 atom stereocenters. The number of carbonyl (C=O) groups excluding carboxylic acids is 6. The number of halogens is 1. The first-order valence-electron chi connectivity index (χ1n) is 44.8. The van der Waals surface area contributed by atoms with Gasteiger partial charge in [-0.2, -0.15) is 0 Å². The van der Waals surface area contributed by atoms with Crippen molar-refractivity contribution in [2.45, 2.75) is 232 Å². The fourth-order valence-corrected chi connectivity index (χ4v) is 14.6. The number of benzene rings is 4. The van der Waals surface area contributed by atoms with Gasteiger partial charge in [0.2, 0.25) is 41.3 Å². The molecule has 0 aliphatic heterocycles. The molecule has 0 saturated heterocycles. The molecule has 0 aliphatic carbocycles. The highest BCUT2D eigenvalue weighted by Crippen LogP contribution is 2.36. The Bertz CT molecular complexity index is 4770. The molecule has 33 heteroatoms. The van der Waals surface area contributed by atoms with E-state index in [2.05, 4.69) is 177 Å². The molecule has 720 valence electrons. The molecule has 0 aliphatic rings. The number of aliphatic hydroxyl groups excluding tert-OH is 2. The Balaban J connectivity index is 0.000000425. The summed E-state index contributed by atoms with van der Waals surface area (Å²) in [6, 6.07) is 25.1. The predicted octanol–water partition coefficient (Wildman–Crippen LogP) is 16.5. The first-order valence-corrected chi connectivity index (χ1v) is 46.7. The van der Waals surface area contributed by atoms with Crippen LogP contribution in [0.1, 0.15) is 205 Å². The summed E-state index contributed by atoms with van der Waals surface area (Å²) in [5.74, 6) is 1.83. The van der Waals surface area contributed by atoms with Gasteiger partial charge in [0.15, 0.2) is 5.11 Å². The Hall–Kier alpha value is -10.2. The van der Waals surface area contributed by atoms with E-state index in [-0.39, 0.29) is 85.0 Å². The lowest BCUT2D eigenvalue weighted by atomic mass is 9.92. The molecule has 4 aromatic heterocycles. The summed E-state index contributed by atoms with van der Waals surface area (Å²) in [5, 5.41) is 52.9. The fourth-order valence-electron chi connectivity index (χ4n) is 14.2. The normalized spacial score (nSPS) is 11.2. The number of amides is 6. The van der Waals surface area contributed by atoms with Crippen LogP contribution >= 0.6 is 28.1 Å². The minimum Gasteiger partial charge on any atom is -0.475 e. The van der Waals surface area contributed by atoms with Gasteiger partial charge >= 0.3 is 12.2 Å². The first-order chi connectivity index (χ1) is 61.1. The smallest absolute Gasteiger partial charge is 0.445 e. The van der Waals surface area contributed by atoms with Crippen LogP contribution < -0.4 is 36.1 Å². The summed E-state index contributed by atoms with van der Waals surface area (Å²) >= 11 is 12.6. The van der Waals surface area contributed by atoms with Crippen LogP contribution in [0.2, 0.25) is 0 Å². The molecule has 4 aromatic carbocycles. The average Bonchev–Trinajstić information content (AvgIpc) is 1.67. The maximum atomic E-state index is 13.0. The average molecular weight is 1910 g/mol. The van der Waals surface area contributed by atoms with Crippen molar-refractivity contribution in [1.82, 2.24) is 71.0 Å². The van der Waals surface area contributed by atoms with Crippen LogP contribution in [0.5, 0.6) is 17.6 Å². The van der Waals surface area contributed by atoms with Gasteiger partial charge in [0.1, 0.15) is 19.8 Å². The first kappa shape index (κ1) is 114. The SMILES string of the molecule is CC(C)OC(=O)N=S.CCN(CC)C(=O)C(C)(C)CBr.CCN(CC)C(=O)C(C)(C)COc1n[nH]c(-c2cc(C)cc(C)c2)c1CCN.CCN(CC)C(=O)C(C)(C)COc1n[nH]c(-c2cc(C)cc(C)c2)c1CCNC(=S)NC(=O)OC(C)C.CCN(CC)C(=O)C(C)(C)COc1n[nH]c(-c2cc(C)cc(C)c2)c1CCO.Cc1cc(C)cc(-c2[nH][nH]c(=O)c2CCO)c1. The molecule has 30 nitrogen and oxygen atoms in total. The van der Waals surface area contributed by atoms with Crippen LogP contribution in [0.3, 0.4) is 0 Å². The van der Waals surface area contributed by atoms with Gasteiger partial charge in [0.25, 0.3) is 5.56 Å². The Kier molecular flexibility index (Phi) is 48.4. The van der Waals surface area contributed by atoms with Crippen molar-refractivity contribution in [2.75, 3.05) is 104 Å². The van der Waals surface area contributed by atoms with E-state index >= 15 is 0 Å². The van der Waals surface area contributed by atoms with Crippen molar-refractivity contribution in [3.63, 3.8) is 0 Å². The number of rotatable bonds is 37. The summed E-state index contributed by atoms with van der Waals surface area (Å²) in [4.78, 5) is 91.1. The number of alkyl halides is 1. The molecular formula is C97H149BrN16O14S2. The molecule has 130 heavy (non-hydrogen) atoms. The van der Waals surface area contributed by atoms with Gasteiger partial charge in [-0.3, -0.25) is 54.8 Å². The highest BCUT2D eigenvalue weighted by Gasteiger charge is 2.37. The van der Waals surface area contributed by atoms with E-state index in [1.807, 2.05) is 165 Å². The quantitative estimate of drug-likeness (QED) is 0.0128. The number of aromatic amines is 5. The van der Waals surface area contributed by atoms with Gasteiger partial charge in [-0.15, -0.1) is 19.7 Å². The minimum atomic E-state index is -0.719. The number of nitrogens with zero attached hydrogens (tertiary/aromatic N) is 8. The number of aromatic nitrogens is 8. The Morgan fingerprint density at radius 1 is 0.446 bits per heavy atom. The van der Waals surface area contributed by atoms with Gasteiger partial charge in [-0.05, 0) is 260 Å². The number of aryl methyl sites for hydroxylation is 8. The van der Waals surface area contributed by atoms with E-state index in [1.54, 1.807) is 32.6 Å². The number of nitrogens with two attached hydrogens (primary N) is 1. The lowest BCUT2D eigenvalue weighted by molar-refractivity contribution is -0.142. The Morgan fingerprint density at radius 2 is 0.731 bits per heavy atom. The third kappa shape index (κ3) is 35.8. The Labute approximate surface area is 790 Å². The number of ether oxygens (including phenoxy) is 5. The van der Waals surface area contributed by atoms with Crippen molar-refractivity contribution in [3.8, 4) is 62.7 Å². The number of hydrogen-bond acceptors (Lipinski definition) is 20. The van der Waals surface area contributed by atoms with Crippen LogP contribution in [0.25, 0.3) is 45.0 Å². The lowest BCUT2D eigenvalue weighted by Crippen LogP contribution is -2.43. The van der Waals surface area contributed by atoms with Crippen molar-refractivity contribution >= 4 is 81.5 Å². The van der Waals surface area contributed by atoms with Crippen molar-refractivity contribution in [2.24, 2.45) is 31.8 Å². The number of hydrogen-bond donors (Lipinski definition) is 10.